The van der Waals surface area contributed by atoms with Crippen molar-refractivity contribution in [3.63, 3.8) is 0 Å². The van der Waals surface area contributed by atoms with Crippen LogP contribution >= 0.6 is 11.6 Å². The van der Waals surface area contributed by atoms with E-state index in [0.29, 0.717) is 29.9 Å². The summed E-state index contributed by atoms with van der Waals surface area (Å²) in [6, 6.07) is 24.9. The third-order valence-electron chi connectivity index (χ3n) is 6.52. The molecule has 3 aromatic carbocycles. The summed E-state index contributed by atoms with van der Waals surface area (Å²) in [6.07, 6.45) is 1.46. The summed E-state index contributed by atoms with van der Waals surface area (Å²) in [5.41, 5.74) is 5.20. The number of para-hydroxylation sites is 2. The Morgan fingerprint density at radius 2 is 1.64 bits per heavy atom. The molecular weight excluding hydrogens is 432 g/mol. The number of hydrogen-bond acceptors (Lipinski definition) is 3. The van der Waals surface area contributed by atoms with Crippen molar-refractivity contribution in [1.29, 1.82) is 0 Å². The first kappa shape index (κ1) is 21.5. The number of halogens is 1. The second-order valence-electron chi connectivity index (χ2n) is 8.54. The van der Waals surface area contributed by atoms with E-state index in [9.17, 15) is 9.59 Å². The van der Waals surface area contributed by atoms with E-state index in [4.69, 9.17) is 11.6 Å². The molecule has 2 atom stereocenters. The van der Waals surface area contributed by atoms with Crippen LogP contribution in [-0.2, 0) is 9.59 Å². The zero-order chi connectivity index (χ0) is 22.9. The van der Waals surface area contributed by atoms with Gasteiger partial charge in [0, 0.05) is 29.1 Å². The number of allylic oxidation sites excluding steroid dienone is 1. The molecule has 1 N–H and O–H groups in total. The van der Waals surface area contributed by atoms with Gasteiger partial charge < -0.3 is 5.32 Å². The average Bonchev–Trinajstić information content (AvgIpc) is 2.99. The highest BCUT2D eigenvalue weighted by atomic mass is 35.5. The van der Waals surface area contributed by atoms with Gasteiger partial charge in [0.25, 0.3) is 0 Å². The molecular formula is C28H25ClN2O2. The van der Waals surface area contributed by atoms with Crippen molar-refractivity contribution in [3.8, 4) is 0 Å². The Balaban J connectivity index is 1.71. The quantitative estimate of drug-likeness (QED) is 0.480. The lowest BCUT2D eigenvalue weighted by atomic mass is 9.78. The maximum atomic E-state index is 13.8. The van der Waals surface area contributed by atoms with Crippen molar-refractivity contribution in [3.05, 3.63) is 106 Å². The van der Waals surface area contributed by atoms with Gasteiger partial charge in [-0.3, -0.25) is 14.5 Å². The standard InChI is InChI=1S/C28H25ClN2O2/c1-2-26(33)31-24-11-7-6-10-22(24)30-23-16-20(18-8-4-3-5-9-18)17-25(32)27(23)28(31)19-12-14-21(29)15-13-19/h3-15,20,28,30H,2,16-17H2,1H3/t20-,28+/m0/s1. The van der Waals surface area contributed by atoms with Gasteiger partial charge in [0.05, 0.1) is 17.4 Å². The number of Topliss-reactive ketones (excluding diaryl/α,β-unsaturated/α-hetero) is 1. The van der Waals surface area contributed by atoms with Gasteiger partial charge in [-0.15, -0.1) is 0 Å². The molecule has 1 aliphatic heterocycles. The Kier molecular flexibility index (Phi) is 5.77. The van der Waals surface area contributed by atoms with E-state index in [2.05, 4.69) is 17.4 Å². The van der Waals surface area contributed by atoms with Crippen molar-refractivity contribution >= 4 is 34.7 Å². The molecule has 4 nitrogen and oxygen atoms in total. The maximum absolute atomic E-state index is 13.8. The van der Waals surface area contributed by atoms with Crippen molar-refractivity contribution in [2.75, 3.05) is 10.2 Å². The van der Waals surface area contributed by atoms with E-state index in [-0.39, 0.29) is 17.6 Å². The number of hydrogen-bond donors (Lipinski definition) is 1. The van der Waals surface area contributed by atoms with Crippen LogP contribution in [0, 0.1) is 0 Å². The second kappa shape index (κ2) is 8.87. The molecule has 5 rings (SSSR count). The molecule has 0 bridgehead atoms. The highest BCUT2D eigenvalue weighted by Gasteiger charge is 2.41. The second-order valence-corrected chi connectivity index (χ2v) is 8.98. The first-order chi connectivity index (χ1) is 16.1. The van der Waals surface area contributed by atoms with Crippen LogP contribution in [-0.4, -0.2) is 11.7 Å². The first-order valence-corrected chi connectivity index (χ1v) is 11.7. The number of fused-ring (bicyclic) bond motifs is 1. The van der Waals surface area contributed by atoms with Crippen molar-refractivity contribution < 1.29 is 9.59 Å². The van der Waals surface area contributed by atoms with Crippen LogP contribution in [0.3, 0.4) is 0 Å². The third kappa shape index (κ3) is 3.96. The summed E-state index contributed by atoms with van der Waals surface area (Å²) < 4.78 is 0. The molecule has 5 heteroatoms. The zero-order valence-electron chi connectivity index (χ0n) is 18.4. The van der Waals surface area contributed by atoms with Crippen LogP contribution in [0.4, 0.5) is 11.4 Å². The van der Waals surface area contributed by atoms with Gasteiger partial charge in [0.1, 0.15) is 0 Å². The number of carbonyl (C=O) groups excluding carboxylic acids is 2. The van der Waals surface area contributed by atoms with Crippen LogP contribution in [0.15, 0.2) is 90.1 Å². The normalized spacial score (nSPS) is 19.9. The van der Waals surface area contributed by atoms with Crippen LogP contribution < -0.4 is 10.2 Å². The molecule has 0 saturated heterocycles. The molecule has 1 amide bonds. The molecule has 0 fully saturated rings. The Bertz CT molecular complexity index is 1230. The fourth-order valence-corrected chi connectivity index (χ4v) is 5.08. The first-order valence-electron chi connectivity index (χ1n) is 11.3. The number of amides is 1. The SMILES string of the molecule is CCC(=O)N1c2ccccc2NC2=C(C(=O)C[C@@H](c3ccccc3)C2)[C@H]1c1ccc(Cl)cc1. The van der Waals surface area contributed by atoms with Gasteiger partial charge in [-0.2, -0.15) is 0 Å². The van der Waals surface area contributed by atoms with Crippen LogP contribution in [0.5, 0.6) is 0 Å². The van der Waals surface area contributed by atoms with E-state index in [1.807, 2.05) is 73.7 Å². The van der Waals surface area contributed by atoms with E-state index in [0.717, 1.165) is 28.2 Å². The van der Waals surface area contributed by atoms with Crippen LogP contribution in [0.1, 0.15) is 49.3 Å². The minimum absolute atomic E-state index is 0.0315. The minimum Gasteiger partial charge on any atom is -0.357 e. The van der Waals surface area contributed by atoms with Gasteiger partial charge in [0.2, 0.25) is 5.91 Å². The Morgan fingerprint density at radius 1 is 0.939 bits per heavy atom. The van der Waals surface area contributed by atoms with E-state index < -0.39 is 6.04 Å². The summed E-state index contributed by atoms with van der Waals surface area (Å²) in [4.78, 5) is 28.9. The smallest absolute Gasteiger partial charge is 0.227 e. The van der Waals surface area contributed by atoms with Crippen molar-refractivity contribution in [2.24, 2.45) is 0 Å². The Labute approximate surface area is 198 Å². The predicted molar refractivity (Wildman–Crippen MR) is 132 cm³/mol. The number of benzene rings is 3. The average molecular weight is 457 g/mol. The van der Waals surface area contributed by atoms with Gasteiger partial charge in [-0.25, -0.2) is 0 Å². The molecule has 2 aliphatic rings. The molecule has 166 valence electrons. The number of ketones is 1. The fourth-order valence-electron chi connectivity index (χ4n) is 4.96. The highest BCUT2D eigenvalue weighted by Crippen LogP contribution is 2.47. The van der Waals surface area contributed by atoms with E-state index >= 15 is 0 Å². The lowest BCUT2D eigenvalue weighted by molar-refractivity contribution is -0.119. The summed E-state index contributed by atoms with van der Waals surface area (Å²) in [7, 11) is 0. The summed E-state index contributed by atoms with van der Waals surface area (Å²) >= 11 is 6.17. The van der Waals surface area contributed by atoms with Crippen LogP contribution in [0.2, 0.25) is 5.02 Å². The van der Waals surface area contributed by atoms with Crippen molar-refractivity contribution in [2.45, 2.75) is 38.1 Å². The van der Waals surface area contributed by atoms with E-state index in [1.165, 1.54) is 0 Å². The maximum Gasteiger partial charge on any atom is 0.227 e. The lowest BCUT2D eigenvalue weighted by Crippen LogP contribution is -2.38. The molecule has 0 aromatic heterocycles. The number of rotatable bonds is 3. The molecule has 0 radical (unpaired) electrons. The molecule has 0 unspecified atom stereocenters. The fraction of sp³-hybridized carbons (Fsp3) is 0.214. The summed E-state index contributed by atoms with van der Waals surface area (Å²) in [5, 5.41) is 4.17. The minimum atomic E-state index is -0.509. The number of carbonyl (C=O) groups is 2. The molecule has 0 saturated carbocycles. The van der Waals surface area contributed by atoms with Crippen molar-refractivity contribution in [1.82, 2.24) is 0 Å². The number of nitrogens with one attached hydrogen (secondary N) is 1. The van der Waals surface area contributed by atoms with Gasteiger partial charge in [-0.1, -0.05) is 73.1 Å². The summed E-state index contributed by atoms with van der Waals surface area (Å²) in [6.45, 7) is 1.85. The number of nitrogens with zero attached hydrogens (tertiary/aromatic N) is 1. The molecule has 0 spiro atoms. The third-order valence-corrected chi connectivity index (χ3v) is 6.77. The monoisotopic (exact) mass is 456 g/mol. The zero-order valence-corrected chi connectivity index (χ0v) is 19.2. The van der Waals surface area contributed by atoms with Gasteiger partial charge in [0.15, 0.2) is 5.78 Å². The number of anilines is 2. The molecule has 33 heavy (non-hydrogen) atoms. The van der Waals surface area contributed by atoms with Gasteiger partial charge >= 0.3 is 0 Å². The molecule has 1 aliphatic carbocycles. The highest BCUT2D eigenvalue weighted by molar-refractivity contribution is 6.30. The Hall–Kier alpha value is -3.37. The predicted octanol–water partition coefficient (Wildman–Crippen LogP) is 6.65. The Morgan fingerprint density at radius 3 is 2.36 bits per heavy atom. The molecule has 3 aromatic rings. The van der Waals surface area contributed by atoms with E-state index in [1.54, 1.807) is 4.90 Å². The topological polar surface area (TPSA) is 49.4 Å². The van der Waals surface area contributed by atoms with Gasteiger partial charge in [-0.05, 0) is 47.7 Å². The largest absolute Gasteiger partial charge is 0.357 e. The molecule has 1 heterocycles. The lowest BCUT2D eigenvalue weighted by Gasteiger charge is -2.35. The summed E-state index contributed by atoms with van der Waals surface area (Å²) in [5.74, 6) is 0.131. The van der Waals surface area contributed by atoms with Crippen LogP contribution in [0.25, 0.3) is 0 Å².